The first-order chi connectivity index (χ1) is 16.6. The summed E-state index contributed by atoms with van der Waals surface area (Å²) in [4.78, 5) is 23.2. The molecule has 2 aromatic carbocycles. The standard InChI is InChI=1S/C27H29N5O2/c1-2-23(33)32-16-13-20(17-27(32)14-6-15-27)31-26-24(25(28)29-18-30-26)19-9-11-22(12-10-19)34-21-7-4-3-5-8-21/h2-5,7-12,18,20H,1,6,13-17H2,(H3,28,29,30,31). The normalized spacial score (nSPS) is 18.7. The summed E-state index contributed by atoms with van der Waals surface area (Å²) in [5.41, 5.74) is 7.93. The number of para-hydroxylation sites is 1. The third-order valence-electron chi connectivity index (χ3n) is 6.96. The van der Waals surface area contributed by atoms with Gasteiger partial charge in [-0.2, -0.15) is 0 Å². The SMILES string of the molecule is C=CC(=O)N1CCC(Nc2ncnc(N)c2-c2ccc(Oc3ccccc3)cc2)CC12CCC2. The van der Waals surface area contributed by atoms with Gasteiger partial charge in [0.25, 0.3) is 0 Å². The molecule has 34 heavy (non-hydrogen) atoms. The van der Waals surface area contributed by atoms with E-state index in [0.717, 1.165) is 54.7 Å². The molecule has 3 aromatic rings. The van der Waals surface area contributed by atoms with Gasteiger partial charge in [0.15, 0.2) is 0 Å². The molecule has 1 unspecified atom stereocenters. The van der Waals surface area contributed by atoms with E-state index in [1.54, 1.807) is 0 Å². The molecule has 7 heteroatoms. The zero-order valence-corrected chi connectivity index (χ0v) is 19.1. The van der Waals surface area contributed by atoms with Gasteiger partial charge in [0, 0.05) is 18.1 Å². The van der Waals surface area contributed by atoms with Gasteiger partial charge in [0.1, 0.15) is 29.5 Å². The average molecular weight is 456 g/mol. The molecule has 1 saturated carbocycles. The topological polar surface area (TPSA) is 93.4 Å². The van der Waals surface area contributed by atoms with E-state index < -0.39 is 0 Å². The number of nitrogens with one attached hydrogen (secondary N) is 1. The Morgan fingerprint density at radius 3 is 2.53 bits per heavy atom. The van der Waals surface area contributed by atoms with Crippen molar-refractivity contribution < 1.29 is 9.53 Å². The van der Waals surface area contributed by atoms with Crippen molar-refractivity contribution in [3.63, 3.8) is 0 Å². The van der Waals surface area contributed by atoms with E-state index in [2.05, 4.69) is 21.9 Å². The summed E-state index contributed by atoms with van der Waals surface area (Å²) in [5, 5.41) is 3.62. The Labute approximate surface area is 199 Å². The number of aromatic nitrogens is 2. The Bertz CT molecular complexity index is 1180. The van der Waals surface area contributed by atoms with Gasteiger partial charge in [0.05, 0.1) is 5.56 Å². The predicted molar refractivity (Wildman–Crippen MR) is 134 cm³/mol. The second-order valence-corrected chi connectivity index (χ2v) is 9.03. The molecule has 7 nitrogen and oxygen atoms in total. The highest BCUT2D eigenvalue weighted by atomic mass is 16.5. The molecule has 2 fully saturated rings. The highest BCUT2D eigenvalue weighted by Crippen LogP contribution is 2.45. The number of anilines is 2. The molecule has 3 N–H and O–H groups in total. The van der Waals surface area contributed by atoms with E-state index in [-0.39, 0.29) is 17.5 Å². The average Bonchev–Trinajstić information content (AvgIpc) is 2.84. The molecule has 1 spiro atoms. The number of carbonyl (C=O) groups excluding carboxylic acids is 1. The zero-order valence-electron chi connectivity index (χ0n) is 19.1. The Morgan fingerprint density at radius 2 is 1.85 bits per heavy atom. The number of nitrogens with zero attached hydrogens (tertiary/aromatic N) is 3. The van der Waals surface area contributed by atoms with E-state index in [9.17, 15) is 4.79 Å². The number of likely N-dealkylation sites (tertiary alicyclic amines) is 1. The molecule has 1 aromatic heterocycles. The number of hydrogen-bond acceptors (Lipinski definition) is 6. The number of carbonyl (C=O) groups is 1. The number of amides is 1. The van der Waals surface area contributed by atoms with Gasteiger partial charge < -0.3 is 20.7 Å². The van der Waals surface area contributed by atoms with Gasteiger partial charge >= 0.3 is 0 Å². The maximum absolute atomic E-state index is 12.4. The van der Waals surface area contributed by atoms with Crippen LogP contribution in [0.3, 0.4) is 0 Å². The molecule has 0 bridgehead atoms. The van der Waals surface area contributed by atoms with Gasteiger partial charge in [-0.05, 0) is 68.0 Å². The fourth-order valence-corrected chi connectivity index (χ4v) is 5.13. The number of nitrogen functional groups attached to an aromatic ring is 1. The number of ether oxygens (including phenoxy) is 1. The smallest absolute Gasteiger partial charge is 0.246 e. The third-order valence-corrected chi connectivity index (χ3v) is 6.96. The van der Waals surface area contributed by atoms with Crippen molar-refractivity contribution in [3.05, 3.63) is 73.6 Å². The minimum Gasteiger partial charge on any atom is -0.457 e. The third kappa shape index (κ3) is 4.21. The van der Waals surface area contributed by atoms with Crippen molar-refractivity contribution in [1.82, 2.24) is 14.9 Å². The largest absolute Gasteiger partial charge is 0.457 e. The summed E-state index contributed by atoms with van der Waals surface area (Å²) in [6.45, 7) is 4.40. The van der Waals surface area contributed by atoms with E-state index in [1.165, 1.54) is 12.4 Å². The lowest BCUT2D eigenvalue weighted by Gasteiger charge is -2.55. The first-order valence-corrected chi connectivity index (χ1v) is 11.7. The summed E-state index contributed by atoms with van der Waals surface area (Å²) in [6.07, 6.45) is 7.87. The summed E-state index contributed by atoms with van der Waals surface area (Å²) in [6, 6.07) is 17.6. The summed E-state index contributed by atoms with van der Waals surface area (Å²) in [7, 11) is 0. The Hall–Kier alpha value is -3.87. The molecule has 1 saturated heterocycles. The molecule has 1 aliphatic carbocycles. The van der Waals surface area contributed by atoms with Crippen LogP contribution >= 0.6 is 0 Å². The summed E-state index contributed by atoms with van der Waals surface area (Å²) < 4.78 is 5.91. The van der Waals surface area contributed by atoms with Crippen LogP contribution in [-0.2, 0) is 4.79 Å². The van der Waals surface area contributed by atoms with Crippen LogP contribution in [0.25, 0.3) is 11.1 Å². The Kier molecular flexibility index (Phi) is 5.92. The van der Waals surface area contributed by atoms with Crippen LogP contribution in [0.5, 0.6) is 11.5 Å². The minimum absolute atomic E-state index is 0.0305. The minimum atomic E-state index is -0.0731. The van der Waals surface area contributed by atoms with Crippen LogP contribution in [-0.4, -0.2) is 38.9 Å². The fraction of sp³-hybridized carbons (Fsp3) is 0.296. The quantitative estimate of drug-likeness (QED) is 0.507. The molecule has 0 radical (unpaired) electrons. The highest BCUT2D eigenvalue weighted by Gasteiger charge is 2.48. The predicted octanol–water partition coefficient (Wildman–Crippen LogP) is 5.03. The zero-order chi connectivity index (χ0) is 23.5. The van der Waals surface area contributed by atoms with Gasteiger partial charge in [-0.15, -0.1) is 0 Å². The molecule has 1 amide bonds. The van der Waals surface area contributed by atoms with Crippen LogP contribution < -0.4 is 15.8 Å². The van der Waals surface area contributed by atoms with Crippen molar-refractivity contribution in [3.8, 4) is 22.6 Å². The van der Waals surface area contributed by atoms with Crippen molar-refractivity contribution in [2.45, 2.75) is 43.7 Å². The molecule has 1 aliphatic heterocycles. The Balaban J connectivity index is 1.35. The first kappa shape index (κ1) is 21.9. The fourth-order valence-electron chi connectivity index (χ4n) is 5.13. The number of benzene rings is 2. The lowest BCUT2D eigenvalue weighted by Crippen LogP contribution is -2.61. The van der Waals surface area contributed by atoms with E-state index in [0.29, 0.717) is 18.2 Å². The number of nitrogens with two attached hydrogens (primary N) is 1. The van der Waals surface area contributed by atoms with Gasteiger partial charge in [-0.25, -0.2) is 9.97 Å². The molecular formula is C27H29N5O2. The van der Waals surface area contributed by atoms with Crippen molar-refractivity contribution in [1.29, 1.82) is 0 Å². The van der Waals surface area contributed by atoms with Crippen molar-refractivity contribution >= 4 is 17.5 Å². The molecule has 5 rings (SSSR count). The lowest BCUT2D eigenvalue weighted by atomic mass is 9.68. The lowest BCUT2D eigenvalue weighted by molar-refractivity contribution is -0.139. The maximum atomic E-state index is 12.4. The highest BCUT2D eigenvalue weighted by molar-refractivity contribution is 5.88. The van der Waals surface area contributed by atoms with Crippen LogP contribution in [0.15, 0.2) is 73.6 Å². The summed E-state index contributed by atoms with van der Waals surface area (Å²) >= 11 is 0. The monoisotopic (exact) mass is 455 g/mol. The Morgan fingerprint density at radius 1 is 1.12 bits per heavy atom. The van der Waals surface area contributed by atoms with Crippen LogP contribution in [0.4, 0.5) is 11.6 Å². The maximum Gasteiger partial charge on any atom is 0.246 e. The molecule has 2 aliphatic rings. The molecular weight excluding hydrogens is 426 g/mol. The van der Waals surface area contributed by atoms with E-state index in [4.69, 9.17) is 10.5 Å². The van der Waals surface area contributed by atoms with Crippen LogP contribution in [0, 0.1) is 0 Å². The molecule has 1 atom stereocenters. The van der Waals surface area contributed by atoms with Gasteiger partial charge in [-0.3, -0.25) is 4.79 Å². The summed E-state index contributed by atoms with van der Waals surface area (Å²) in [5.74, 6) is 2.69. The van der Waals surface area contributed by atoms with E-state index in [1.807, 2.05) is 59.5 Å². The van der Waals surface area contributed by atoms with Gasteiger partial charge in [0.2, 0.25) is 5.91 Å². The second-order valence-electron chi connectivity index (χ2n) is 9.03. The van der Waals surface area contributed by atoms with Crippen molar-refractivity contribution in [2.24, 2.45) is 0 Å². The molecule has 174 valence electrons. The van der Waals surface area contributed by atoms with Crippen molar-refractivity contribution in [2.75, 3.05) is 17.6 Å². The first-order valence-electron chi connectivity index (χ1n) is 11.7. The number of hydrogen-bond donors (Lipinski definition) is 2. The number of piperidine rings is 1. The van der Waals surface area contributed by atoms with Crippen LogP contribution in [0.2, 0.25) is 0 Å². The van der Waals surface area contributed by atoms with Gasteiger partial charge in [-0.1, -0.05) is 36.9 Å². The van der Waals surface area contributed by atoms with E-state index >= 15 is 0 Å². The van der Waals surface area contributed by atoms with Crippen LogP contribution in [0.1, 0.15) is 32.1 Å². The number of rotatable bonds is 6. The second kappa shape index (κ2) is 9.17. The molecule has 2 heterocycles.